The zero-order chi connectivity index (χ0) is 51.1. The smallest absolute Gasteiger partial charge is 0.166 e. The van der Waals surface area contributed by atoms with Gasteiger partial charge in [0.25, 0.3) is 0 Å². The highest BCUT2D eigenvalue weighted by atomic mass is 16.3. The summed E-state index contributed by atoms with van der Waals surface area (Å²) in [6.45, 7) is 5.93. The number of furan rings is 2. The fourth-order valence-electron chi connectivity index (χ4n) is 11.6. The zero-order valence-electron chi connectivity index (χ0n) is 41.7. The lowest BCUT2D eigenvalue weighted by atomic mass is 9.97. The molecule has 0 unspecified atom stereocenters. The van der Waals surface area contributed by atoms with Crippen LogP contribution < -0.4 is 0 Å². The van der Waals surface area contributed by atoms with Crippen molar-refractivity contribution in [3.05, 3.63) is 249 Å². The van der Waals surface area contributed by atoms with E-state index in [0.29, 0.717) is 34.3 Å². The molecular formula is C69H44N6O2. The molecular weight excluding hydrogens is 945 g/mol. The molecule has 0 atom stereocenters. The first-order valence-corrected chi connectivity index (χ1v) is 25.8. The van der Waals surface area contributed by atoms with Gasteiger partial charge in [0.15, 0.2) is 17.5 Å². The first kappa shape index (κ1) is 44.1. The molecule has 6 aromatic heterocycles. The number of benzene rings is 9. The lowest BCUT2D eigenvalue weighted by molar-refractivity contribution is 0.669. The number of fused-ring (bicyclic) bond motifs is 14. The molecule has 0 spiro atoms. The van der Waals surface area contributed by atoms with Gasteiger partial charge in [-0.05, 0) is 79.7 Å². The van der Waals surface area contributed by atoms with Gasteiger partial charge in [-0.1, -0.05) is 164 Å². The van der Waals surface area contributed by atoms with Crippen LogP contribution in [0.25, 0.3) is 150 Å². The summed E-state index contributed by atoms with van der Waals surface area (Å²) in [6, 6.07) is 71.8. The fraction of sp³-hybridized carbons (Fsp3) is 0.0145. The maximum Gasteiger partial charge on any atom is 0.166 e. The second kappa shape index (κ2) is 17.6. The fourth-order valence-corrected chi connectivity index (χ4v) is 11.6. The molecule has 0 saturated carbocycles. The molecule has 8 heteroatoms. The zero-order valence-corrected chi connectivity index (χ0v) is 41.7. The van der Waals surface area contributed by atoms with Crippen molar-refractivity contribution in [2.24, 2.45) is 0 Å². The summed E-state index contributed by atoms with van der Waals surface area (Å²) in [5, 5.41) is 8.69. The van der Waals surface area contributed by atoms with E-state index in [1.807, 2.05) is 61.7 Å². The van der Waals surface area contributed by atoms with Crippen molar-refractivity contribution in [3.8, 4) is 56.5 Å². The van der Waals surface area contributed by atoms with Gasteiger partial charge >= 0.3 is 0 Å². The van der Waals surface area contributed by atoms with Crippen LogP contribution in [0.3, 0.4) is 0 Å². The summed E-state index contributed by atoms with van der Waals surface area (Å²) in [5.74, 6) is 1.50. The summed E-state index contributed by atoms with van der Waals surface area (Å²) in [5.41, 5.74) is 15.2. The van der Waals surface area contributed by atoms with Crippen molar-refractivity contribution in [3.63, 3.8) is 0 Å². The number of allylic oxidation sites excluding steroid dienone is 5. The average Bonchev–Trinajstić information content (AvgIpc) is 4.42. The van der Waals surface area contributed by atoms with Gasteiger partial charge in [-0.3, -0.25) is 4.98 Å². The second-order valence-electron chi connectivity index (χ2n) is 19.2. The lowest BCUT2D eigenvalue weighted by Crippen LogP contribution is -2.04. The standard InChI is InChI=1S/C69H44N6O2/c1-3-5-21-42(4-2)67-71-68(43-22-9-6-10-23-43)73-69(72-67)55-40-44(47-30-19-31-52-60-58(76-65(47)52)38-36-50-48-28-15-17-34-56(48)74(63(50)60)45-24-11-7-12-25-45)41-70-62(55)54-33-20-32-53-61-59(77-66(53)54)39-37-51-49-29-16-18-35-57(49)75(64(51)61)46-26-13-8-14-27-46/h3-41H,1H2,2H3/b21-5-,42-4+. The summed E-state index contributed by atoms with van der Waals surface area (Å²) < 4.78 is 18.9. The van der Waals surface area contributed by atoms with Crippen LogP contribution in [-0.2, 0) is 0 Å². The molecule has 0 aliphatic heterocycles. The Kier molecular flexibility index (Phi) is 10.1. The molecule has 6 heterocycles. The van der Waals surface area contributed by atoms with Gasteiger partial charge in [-0.15, -0.1) is 0 Å². The molecule has 8 nitrogen and oxygen atoms in total. The Morgan fingerprint density at radius 1 is 0.468 bits per heavy atom. The van der Waals surface area contributed by atoms with Gasteiger partial charge in [0, 0.05) is 83.3 Å². The number of pyridine rings is 1. The highest BCUT2D eigenvalue weighted by molar-refractivity contribution is 6.27. The van der Waals surface area contributed by atoms with E-state index in [1.165, 1.54) is 10.8 Å². The average molecular weight is 989 g/mol. The van der Waals surface area contributed by atoms with E-state index < -0.39 is 0 Å². The number of aromatic nitrogens is 6. The number of rotatable bonds is 9. The minimum Gasteiger partial charge on any atom is -0.455 e. The highest BCUT2D eigenvalue weighted by Gasteiger charge is 2.26. The van der Waals surface area contributed by atoms with E-state index in [0.717, 1.165) is 110 Å². The van der Waals surface area contributed by atoms with Crippen LogP contribution in [-0.4, -0.2) is 29.1 Å². The Morgan fingerprint density at radius 2 is 0.987 bits per heavy atom. The van der Waals surface area contributed by atoms with Gasteiger partial charge in [-0.25, -0.2) is 15.0 Å². The molecule has 0 bridgehead atoms. The number of hydrogen-bond donors (Lipinski definition) is 0. The number of para-hydroxylation sites is 6. The molecule has 0 radical (unpaired) electrons. The normalized spacial score (nSPS) is 12.3. The largest absolute Gasteiger partial charge is 0.455 e. The van der Waals surface area contributed by atoms with Gasteiger partial charge in [0.05, 0.1) is 38.5 Å². The van der Waals surface area contributed by atoms with Gasteiger partial charge in [-0.2, -0.15) is 0 Å². The van der Waals surface area contributed by atoms with Crippen LogP contribution in [0.1, 0.15) is 12.7 Å². The molecule has 0 fully saturated rings. The SMILES string of the molecule is C=C/C=C\C(=C/C)c1nc(-c2ccccc2)nc(-c2cc(-c3cccc4c3oc3ccc5c6ccccc6n(-c6ccccc6)c5c34)cnc2-c2cccc3c2oc2ccc4c5ccccc5n(-c5ccccc5)c4c23)n1. The summed E-state index contributed by atoms with van der Waals surface area (Å²) in [6.07, 6.45) is 9.56. The maximum atomic E-state index is 7.09. The van der Waals surface area contributed by atoms with Crippen LogP contribution in [0.2, 0.25) is 0 Å². The van der Waals surface area contributed by atoms with Gasteiger partial charge in [0.1, 0.15) is 22.3 Å². The molecule has 15 aromatic rings. The van der Waals surface area contributed by atoms with Crippen LogP contribution in [0.4, 0.5) is 0 Å². The van der Waals surface area contributed by atoms with Gasteiger partial charge in [0.2, 0.25) is 0 Å². The van der Waals surface area contributed by atoms with Crippen molar-refractivity contribution in [2.45, 2.75) is 6.92 Å². The van der Waals surface area contributed by atoms with E-state index in [9.17, 15) is 0 Å². The van der Waals surface area contributed by atoms with E-state index in [2.05, 4.69) is 192 Å². The molecule has 0 amide bonds. The highest BCUT2D eigenvalue weighted by Crippen LogP contribution is 2.47. The van der Waals surface area contributed by atoms with Crippen molar-refractivity contribution in [2.75, 3.05) is 0 Å². The van der Waals surface area contributed by atoms with Crippen molar-refractivity contribution in [1.82, 2.24) is 29.1 Å². The molecule has 362 valence electrons. The van der Waals surface area contributed by atoms with Crippen molar-refractivity contribution in [1.29, 1.82) is 0 Å². The quantitative estimate of drug-likeness (QED) is 0.134. The second-order valence-corrected chi connectivity index (χ2v) is 19.2. The summed E-state index contributed by atoms with van der Waals surface area (Å²) in [7, 11) is 0. The molecule has 0 aliphatic rings. The minimum absolute atomic E-state index is 0.454. The Balaban J connectivity index is 1.01. The molecule has 77 heavy (non-hydrogen) atoms. The molecule has 15 rings (SSSR count). The van der Waals surface area contributed by atoms with E-state index in [1.54, 1.807) is 6.08 Å². The maximum absolute atomic E-state index is 7.09. The third-order valence-corrected chi connectivity index (χ3v) is 15.0. The van der Waals surface area contributed by atoms with E-state index in [4.69, 9.17) is 28.8 Å². The van der Waals surface area contributed by atoms with Crippen LogP contribution >= 0.6 is 0 Å². The van der Waals surface area contributed by atoms with Crippen LogP contribution in [0.15, 0.2) is 252 Å². The summed E-state index contributed by atoms with van der Waals surface area (Å²) >= 11 is 0. The van der Waals surface area contributed by atoms with Crippen LogP contribution in [0.5, 0.6) is 0 Å². The topological polar surface area (TPSA) is 87.7 Å². The first-order valence-electron chi connectivity index (χ1n) is 25.8. The Hall–Kier alpha value is -10.4. The van der Waals surface area contributed by atoms with Crippen LogP contribution in [0, 0.1) is 0 Å². The predicted octanol–water partition coefficient (Wildman–Crippen LogP) is 18.1. The third-order valence-electron chi connectivity index (χ3n) is 15.0. The van der Waals surface area contributed by atoms with E-state index in [-0.39, 0.29) is 0 Å². The number of nitrogens with zero attached hydrogens (tertiary/aromatic N) is 6. The molecule has 0 saturated heterocycles. The molecule has 0 N–H and O–H groups in total. The van der Waals surface area contributed by atoms with Crippen molar-refractivity contribution < 1.29 is 8.83 Å². The lowest BCUT2D eigenvalue weighted by Gasteiger charge is -2.14. The molecule has 0 aliphatic carbocycles. The van der Waals surface area contributed by atoms with E-state index >= 15 is 0 Å². The first-order chi connectivity index (χ1) is 38.1. The summed E-state index contributed by atoms with van der Waals surface area (Å²) in [4.78, 5) is 21.2. The van der Waals surface area contributed by atoms with Gasteiger partial charge < -0.3 is 18.0 Å². The Labute approximate surface area is 441 Å². The monoisotopic (exact) mass is 988 g/mol. The third kappa shape index (κ3) is 6.86. The Morgan fingerprint density at radius 3 is 1.57 bits per heavy atom. The predicted molar refractivity (Wildman–Crippen MR) is 316 cm³/mol. The van der Waals surface area contributed by atoms with Crippen molar-refractivity contribution >= 4 is 93.1 Å². The Bertz CT molecular complexity index is 4940. The molecule has 9 aromatic carbocycles. The number of hydrogen-bond acceptors (Lipinski definition) is 6. The minimum atomic E-state index is 0.454.